The number of ether oxygens (including phenoxy) is 2. The van der Waals surface area contributed by atoms with Gasteiger partial charge in [-0.3, -0.25) is 4.79 Å². The Bertz CT molecular complexity index is 910. The number of carbonyl (C=O) groups is 1. The van der Waals surface area contributed by atoms with Crippen LogP contribution in [-0.4, -0.2) is 36.9 Å². The lowest BCUT2D eigenvalue weighted by molar-refractivity contribution is -0.119. The number of pyridine rings is 1. The Hall–Kier alpha value is -2.46. The maximum absolute atomic E-state index is 12.4. The standard InChI is InChI=1S/C21H25N3O3S/c1-13-6-4-5-7-16(13)23-20(25)12-28-21-15(11-22)8-14-9-18(26-2)19(27-3)10-17(14)24-21/h8-10,13,16H,4-7,12H2,1-3H3,(H,23,25)/t13-,16+/m0/s1. The molecule has 1 fully saturated rings. The number of rotatable bonds is 6. The van der Waals surface area contributed by atoms with E-state index in [0.717, 1.165) is 18.2 Å². The molecule has 0 spiro atoms. The van der Waals surface area contributed by atoms with Crippen molar-refractivity contribution in [3.63, 3.8) is 0 Å². The molecule has 7 heteroatoms. The third-order valence-electron chi connectivity index (χ3n) is 5.20. The molecule has 0 bridgehead atoms. The zero-order chi connectivity index (χ0) is 20.1. The van der Waals surface area contributed by atoms with Gasteiger partial charge in [0, 0.05) is 17.5 Å². The first-order valence-electron chi connectivity index (χ1n) is 9.44. The topological polar surface area (TPSA) is 84.2 Å². The van der Waals surface area contributed by atoms with E-state index in [1.165, 1.54) is 24.6 Å². The van der Waals surface area contributed by atoms with E-state index in [2.05, 4.69) is 23.3 Å². The monoisotopic (exact) mass is 399 g/mol. The van der Waals surface area contributed by atoms with Crippen LogP contribution in [0, 0.1) is 17.2 Å². The molecule has 0 aliphatic heterocycles. The van der Waals surface area contributed by atoms with E-state index in [9.17, 15) is 10.1 Å². The number of methoxy groups -OCH3 is 2. The van der Waals surface area contributed by atoms with Gasteiger partial charge in [-0.15, -0.1) is 0 Å². The minimum atomic E-state index is -0.0122. The summed E-state index contributed by atoms with van der Waals surface area (Å²) in [7, 11) is 3.14. The van der Waals surface area contributed by atoms with Crippen molar-refractivity contribution in [1.82, 2.24) is 10.3 Å². The van der Waals surface area contributed by atoms with Gasteiger partial charge in [-0.05, 0) is 30.9 Å². The minimum Gasteiger partial charge on any atom is -0.493 e. The van der Waals surface area contributed by atoms with Crippen molar-refractivity contribution >= 4 is 28.6 Å². The maximum atomic E-state index is 12.4. The summed E-state index contributed by atoms with van der Waals surface area (Å²) >= 11 is 1.29. The van der Waals surface area contributed by atoms with Crippen molar-refractivity contribution in [3.05, 3.63) is 23.8 Å². The van der Waals surface area contributed by atoms with Crippen LogP contribution in [0.4, 0.5) is 0 Å². The summed E-state index contributed by atoms with van der Waals surface area (Å²) in [6.07, 6.45) is 4.60. The third-order valence-corrected chi connectivity index (χ3v) is 6.19. The molecule has 0 saturated heterocycles. The van der Waals surface area contributed by atoms with Crippen molar-refractivity contribution in [2.75, 3.05) is 20.0 Å². The molecule has 0 radical (unpaired) electrons. The number of nitrogens with one attached hydrogen (secondary N) is 1. The number of hydrogen-bond donors (Lipinski definition) is 1. The second kappa shape index (κ2) is 9.16. The summed E-state index contributed by atoms with van der Waals surface area (Å²) in [6, 6.07) is 7.78. The summed E-state index contributed by atoms with van der Waals surface area (Å²) in [5, 5.41) is 14.0. The fraction of sp³-hybridized carbons (Fsp3) is 0.476. The molecule has 0 unspecified atom stereocenters. The van der Waals surface area contributed by atoms with Gasteiger partial charge in [-0.1, -0.05) is 31.5 Å². The van der Waals surface area contributed by atoms with Crippen molar-refractivity contribution < 1.29 is 14.3 Å². The largest absolute Gasteiger partial charge is 0.493 e. The van der Waals surface area contributed by atoms with Crippen LogP contribution in [-0.2, 0) is 4.79 Å². The van der Waals surface area contributed by atoms with Crippen molar-refractivity contribution in [1.29, 1.82) is 5.26 Å². The van der Waals surface area contributed by atoms with Gasteiger partial charge in [-0.2, -0.15) is 5.26 Å². The number of hydrogen-bond acceptors (Lipinski definition) is 6. The molecule has 1 saturated carbocycles. The molecule has 3 rings (SSSR count). The van der Waals surface area contributed by atoms with E-state index in [0.29, 0.717) is 33.5 Å². The zero-order valence-electron chi connectivity index (χ0n) is 16.4. The normalized spacial score (nSPS) is 19.1. The number of fused-ring (bicyclic) bond motifs is 1. The number of benzene rings is 1. The molecule has 6 nitrogen and oxygen atoms in total. The lowest BCUT2D eigenvalue weighted by atomic mass is 9.86. The zero-order valence-corrected chi connectivity index (χ0v) is 17.3. The molecule has 1 heterocycles. The Kier molecular flexibility index (Phi) is 6.63. The van der Waals surface area contributed by atoms with Gasteiger partial charge in [0.05, 0.1) is 31.1 Å². The SMILES string of the molecule is COc1cc2cc(C#N)c(SCC(=O)N[C@@H]3CCCC[C@@H]3C)nc2cc1OC. The second-order valence-electron chi connectivity index (χ2n) is 7.08. The highest BCUT2D eigenvalue weighted by Gasteiger charge is 2.23. The fourth-order valence-electron chi connectivity index (χ4n) is 3.59. The van der Waals surface area contributed by atoms with E-state index < -0.39 is 0 Å². The first kappa shape index (κ1) is 20.3. The van der Waals surface area contributed by atoms with Gasteiger partial charge in [-0.25, -0.2) is 4.98 Å². The number of carbonyl (C=O) groups excluding carboxylic acids is 1. The molecule has 1 aliphatic carbocycles. The smallest absolute Gasteiger partial charge is 0.230 e. The number of aromatic nitrogens is 1. The Morgan fingerprint density at radius 2 is 1.96 bits per heavy atom. The Balaban J connectivity index is 1.76. The van der Waals surface area contributed by atoms with Gasteiger partial charge >= 0.3 is 0 Å². The summed E-state index contributed by atoms with van der Waals surface area (Å²) in [4.78, 5) is 17.0. The molecular formula is C21H25N3O3S. The molecular weight excluding hydrogens is 374 g/mol. The van der Waals surface area contributed by atoms with E-state index >= 15 is 0 Å². The summed E-state index contributed by atoms with van der Waals surface area (Å²) in [5.41, 5.74) is 1.14. The van der Waals surface area contributed by atoms with Crippen LogP contribution in [0.2, 0.25) is 0 Å². The molecule has 1 aliphatic rings. The lowest BCUT2D eigenvalue weighted by Gasteiger charge is -2.29. The first-order valence-corrected chi connectivity index (χ1v) is 10.4. The van der Waals surface area contributed by atoms with Crippen LogP contribution in [0.3, 0.4) is 0 Å². The molecule has 148 valence electrons. The molecule has 28 heavy (non-hydrogen) atoms. The van der Waals surface area contributed by atoms with Crippen LogP contribution < -0.4 is 14.8 Å². The molecule has 1 aromatic carbocycles. The predicted octanol–water partition coefficient (Wildman–Crippen LogP) is 3.91. The Morgan fingerprint density at radius 3 is 2.64 bits per heavy atom. The Morgan fingerprint density at radius 1 is 1.25 bits per heavy atom. The fourth-order valence-corrected chi connectivity index (χ4v) is 4.36. The number of thioether (sulfide) groups is 1. The number of nitriles is 1. The molecule has 1 amide bonds. The summed E-state index contributed by atoms with van der Waals surface area (Å²) in [6.45, 7) is 2.19. The van der Waals surface area contributed by atoms with Crippen LogP contribution in [0.25, 0.3) is 10.9 Å². The maximum Gasteiger partial charge on any atom is 0.230 e. The lowest BCUT2D eigenvalue weighted by Crippen LogP contribution is -2.41. The molecule has 1 N–H and O–H groups in total. The second-order valence-corrected chi connectivity index (χ2v) is 8.04. The molecule has 2 aromatic rings. The van der Waals surface area contributed by atoms with Crippen LogP contribution in [0.15, 0.2) is 23.2 Å². The molecule has 2 atom stereocenters. The van der Waals surface area contributed by atoms with Crippen molar-refractivity contribution in [2.24, 2.45) is 5.92 Å². The average molecular weight is 400 g/mol. The van der Waals surface area contributed by atoms with E-state index in [1.807, 2.05) is 0 Å². The molecule has 1 aromatic heterocycles. The average Bonchev–Trinajstić information content (AvgIpc) is 2.72. The van der Waals surface area contributed by atoms with Crippen molar-refractivity contribution in [2.45, 2.75) is 43.7 Å². The van der Waals surface area contributed by atoms with E-state index in [4.69, 9.17) is 9.47 Å². The highest BCUT2D eigenvalue weighted by atomic mass is 32.2. The van der Waals surface area contributed by atoms with Gasteiger partial charge < -0.3 is 14.8 Å². The number of nitrogens with zero attached hydrogens (tertiary/aromatic N) is 2. The van der Waals surface area contributed by atoms with Crippen LogP contribution >= 0.6 is 11.8 Å². The predicted molar refractivity (Wildman–Crippen MR) is 110 cm³/mol. The van der Waals surface area contributed by atoms with Crippen LogP contribution in [0.1, 0.15) is 38.2 Å². The van der Waals surface area contributed by atoms with Gasteiger partial charge in [0.15, 0.2) is 11.5 Å². The Labute approximate surface area is 169 Å². The van der Waals surface area contributed by atoms with E-state index in [-0.39, 0.29) is 17.7 Å². The number of amides is 1. The quantitative estimate of drug-likeness (QED) is 0.742. The van der Waals surface area contributed by atoms with Gasteiger partial charge in [0.25, 0.3) is 0 Å². The van der Waals surface area contributed by atoms with Crippen molar-refractivity contribution in [3.8, 4) is 17.6 Å². The highest BCUT2D eigenvalue weighted by Crippen LogP contribution is 2.33. The summed E-state index contributed by atoms with van der Waals surface area (Å²) in [5.74, 6) is 1.90. The first-order chi connectivity index (χ1) is 13.5. The third kappa shape index (κ3) is 4.50. The minimum absolute atomic E-state index is 0.0122. The van der Waals surface area contributed by atoms with Crippen LogP contribution in [0.5, 0.6) is 11.5 Å². The van der Waals surface area contributed by atoms with Gasteiger partial charge in [0.1, 0.15) is 11.1 Å². The summed E-state index contributed by atoms with van der Waals surface area (Å²) < 4.78 is 10.6. The van der Waals surface area contributed by atoms with E-state index in [1.54, 1.807) is 32.4 Å². The highest BCUT2D eigenvalue weighted by molar-refractivity contribution is 8.00. The van der Waals surface area contributed by atoms with Gasteiger partial charge in [0.2, 0.25) is 5.91 Å².